The van der Waals surface area contributed by atoms with Crippen LogP contribution in [0, 0.1) is 5.92 Å². The maximum absolute atomic E-state index is 12.7. The first-order chi connectivity index (χ1) is 13.0. The van der Waals surface area contributed by atoms with Gasteiger partial charge in [0.05, 0.1) is 13.0 Å². The third-order valence-electron chi connectivity index (χ3n) is 5.77. The summed E-state index contributed by atoms with van der Waals surface area (Å²) in [6.07, 6.45) is 0.439. The molecule has 1 aromatic rings. The van der Waals surface area contributed by atoms with Crippen molar-refractivity contribution >= 4 is 11.9 Å². The van der Waals surface area contributed by atoms with E-state index >= 15 is 0 Å². The van der Waals surface area contributed by atoms with E-state index in [1.807, 2.05) is 24.3 Å². The summed E-state index contributed by atoms with van der Waals surface area (Å²) in [6, 6.07) is 7.49. The number of para-hydroxylation sites is 1. The molecule has 3 rings (SSSR count). The molecule has 2 fully saturated rings. The molecule has 0 radical (unpaired) electrons. The molecule has 0 bridgehead atoms. The summed E-state index contributed by atoms with van der Waals surface area (Å²) in [5.41, 5.74) is 0.863. The lowest BCUT2D eigenvalue weighted by Crippen LogP contribution is -2.45. The molecule has 2 aliphatic heterocycles. The van der Waals surface area contributed by atoms with Gasteiger partial charge in [0, 0.05) is 58.2 Å². The number of amides is 1. The van der Waals surface area contributed by atoms with Gasteiger partial charge in [0.25, 0.3) is 0 Å². The standard InChI is InChI=1S/C20H29N3O4/c1-21-9-11-22(12-10-21)8-7-19(24)23-13-16(17(14-23)20(25)26)15-5-3-4-6-18(15)27-2/h3-6,16-17H,7-14H2,1-2H3,(H,25,26). The van der Waals surface area contributed by atoms with Crippen LogP contribution < -0.4 is 4.74 Å². The van der Waals surface area contributed by atoms with E-state index in [0.717, 1.165) is 38.3 Å². The smallest absolute Gasteiger partial charge is 0.308 e. The van der Waals surface area contributed by atoms with Crippen molar-refractivity contribution in [3.05, 3.63) is 29.8 Å². The Kier molecular flexibility index (Phi) is 6.34. The highest BCUT2D eigenvalue weighted by molar-refractivity contribution is 5.80. The van der Waals surface area contributed by atoms with E-state index in [4.69, 9.17) is 4.74 Å². The number of methoxy groups -OCH3 is 1. The van der Waals surface area contributed by atoms with Crippen LogP contribution in [0.15, 0.2) is 24.3 Å². The van der Waals surface area contributed by atoms with Crippen LogP contribution >= 0.6 is 0 Å². The zero-order valence-corrected chi connectivity index (χ0v) is 16.1. The van der Waals surface area contributed by atoms with E-state index in [1.165, 1.54) is 0 Å². The molecule has 0 spiro atoms. The SMILES string of the molecule is COc1ccccc1C1CN(C(=O)CCN2CCN(C)CC2)CC1C(=O)O. The normalized spacial score (nSPS) is 24.1. The number of hydrogen-bond acceptors (Lipinski definition) is 5. The number of likely N-dealkylation sites (N-methyl/N-ethyl adjacent to an activating group) is 1. The summed E-state index contributed by atoms with van der Waals surface area (Å²) < 4.78 is 5.41. The Morgan fingerprint density at radius 1 is 1.15 bits per heavy atom. The summed E-state index contributed by atoms with van der Waals surface area (Å²) in [4.78, 5) is 30.8. The fraction of sp³-hybridized carbons (Fsp3) is 0.600. The molecule has 0 saturated carbocycles. The van der Waals surface area contributed by atoms with Crippen molar-refractivity contribution in [3.8, 4) is 5.75 Å². The molecule has 148 valence electrons. The van der Waals surface area contributed by atoms with Gasteiger partial charge in [0.1, 0.15) is 5.75 Å². The van der Waals surface area contributed by atoms with Crippen molar-refractivity contribution in [2.24, 2.45) is 5.92 Å². The number of likely N-dealkylation sites (tertiary alicyclic amines) is 1. The summed E-state index contributed by atoms with van der Waals surface area (Å²) in [7, 11) is 3.69. The molecule has 0 aromatic heterocycles. The fourth-order valence-electron chi connectivity index (χ4n) is 4.03. The molecule has 7 nitrogen and oxygen atoms in total. The zero-order chi connectivity index (χ0) is 19.4. The summed E-state index contributed by atoms with van der Waals surface area (Å²) in [6.45, 7) is 5.43. The monoisotopic (exact) mass is 375 g/mol. The van der Waals surface area contributed by atoms with Crippen molar-refractivity contribution < 1.29 is 19.4 Å². The molecule has 2 atom stereocenters. The molecule has 0 aliphatic carbocycles. The molecule has 1 N–H and O–H groups in total. The first-order valence-electron chi connectivity index (χ1n) is 9.54. The maximum atomic E-state index is 12.7. The van der Waals surface area contributed by atoms with Crippen LogP contribution in [0.4, 0.5) is 0 Å². The number of carbonyl (C=O) groups is 2. The molecule has 2 aliphatic rings. The predicted molar refractivity (Wildman–Crippen MR) is 102 cm³/mol. The second-order valence-electron chi connectivity index (χ2n) is 7.49. The molecule has 27 heavy (non-hydrogen) atoms. The van der Waals surface area contributed by atoms with Crippen LogP contribution in [-0.4, -0.2) is 91.7 Å². The minimum absolute atomic E-state index is 0.0394. The predicted octanol–water partition coefficient (Wildman–Crippen LogP) is 0.959. The van der Waals surface area contributed by atoms with Crippen molar-refractivity contribution in [3.63, 3.8) is 0 Å². The Labute approximate surface area is 160 Å². The van der Waals surface area contributed by atoms with Gasteiger partial charge < -0.3 is 24.5 Å². The molecule has 2 heterocycles. The largest absolute Gasteiger partial charge is 0.496 e. The molecule has 2 unspecified atom stereocenters. The molecule has 1 aromatic carbocycles. The van der Waals surface area contributed by atoms with Crippen molar-refractivity contribution in [2.75, 3.05) is 60.0 Å². The van der Waals surface area contributed by atoms with Crippen molar-refractivity contribution in [1.82, 2.24) is 14.7 Å². The van der Waals surface area contributed by atoms with Gasteiger partial charge in [0.15, 0.2) is 0 Å². The third-order valence-corrected chi connectivity index (χ3v) is 5.77. The molecule has 2 saturated heterocycles. The lowest BCUT2D eigenvalue weighted by Gasteiger charge is -2.32. The summed E-state index contributed by atoms with van der Waals surface area (Å²) >= 11 is 0. The summed E-state index contributed by atoms with van der Waals surface area (Å²) in [5.74, 6) is -0.988. The number of carbonyl (C=O) groups excluding carboxylic acids is 1. The van der Waals surface area contributed by atoms with E-state index in [9.17, 15) is 14.7 Å². The van der Waals surface area contributed by atoms with Crippen LogP contribution in [0.1, 0.15) is 17.9 Å². The molecular formula is C20H29N3O4. The number of benzene rings is 1. The van der Waals surface area contributed by atoms with Crippen LogP contribution in [-0.2, 0) is 9.59 Å². The van der Waals surface area contributed by atoms with E-state index in [-0.39, 0.29) is 18.4 Å². The summed E-state index contributed by atoms with van der Waals surface area (Å²) in [5, 5.41) is 9.68. The quantitative estimate of drug-likeness (QED) is 0.798. The average molecular weight is 375 g/mol. The van der Waals surface area contributed by atoms with Crippen LogP contribution in [0.25, 0.3) is 0 Å². The first-order valence-corrected chi connectivity index (χ1v) is 9.54. The van der Waals surface area contributed by atoms with Gasteiger partial charge in [-0.15, -0.1) is 0 Å². The number of piperazine rings is 1. The van der Waals surface area contributed by atoms with Gasteiger partial charge in [-0.25, -0.2) is 0 Å². The molecule has 1 amide bonds. The Morgan fingerprint density at radius 3 is 2.52 bits per heavy atom. The zero-order valence-electron chi connectivity index (χ0n) is 16.1. The number of nitrogens with zero attached hydrogens (tertiary/aromatic N) is 3. The number of aliphatic carboxylic acids is 1. The van der Waals surface area contributed by atoms with E-state index in [0.29, 0.717) is 18.7 Å². The topological polar surface area (TPSA) is 73.3 Å². The molecular weight excluding hydrogens is 346 g/mol. The minimum atomic E-state index is -0.861. The lowest BCUT2D eigenvalue weighted by molar-refractivity contribution is -0.141. The maximum Gasteiger partial charge on any atom is 0.308 e. The van der Waals surface area contributed by atoms with Crippen LogP contribution in [0.5, 0.6) is 5.75 Å². The van der Waals surface area contributed by atoms with Gasteiger partial charge in [-0.3, -0.25) is 9.59 Å². The Bertz CT molecular complexity index is 673. The van der Waals surface area contributed by atoms with Gasteiger partial charge in [-0.2, -0.15) is 0 Å². The van der Waals surface area contributed by atoms with E-state index in [1.54, 1.807) is 12.0 Å². The van der Waals surface area contributed by atoms with Gasteiger partial charge >= 0.3 is 5.97 Å². The van der Waals surface area contributed by atoms with Gasteiger partial charge in [-0.1, -0.05) is 18.2 Å². The number of carboxylic acid groups (broad SMARTS) is 1. The van der Waals surface area contributed by atoms with Gasteiger partial charge in [-0.05, 0) is 18.7 Å². The highest BCUT2D eigenvalue weighted by atomic mass is 16.5. The van der Waals surface area contributed by atoms with Crippen LogP contribution in [0.3, 0.4) is 0 Å². The van der Waals surface area contributed by atoms with E-state index in [2.05, 4.69) is 16.8 Å². The highest BCUT2D eigenvalue weighted by Crippen LogP contribution is 2.37. The second-order valence-corrected chi connectivity index (χ2v) is 7.49. The highest BCUT2D eigenvalue weighted by Gasteiger charge is 2.41. The van der Waals surface area contributed by atoms with Crippen molar-refractivity contribution in [1.29, 1.82) is 0 Å². The lowest BCUT2D eigenvalue weighted by atomic mass is 9.88. The van der Waals surface area contributed by atoms with Crippen molar-refractivity contribution in [2.45, 2.75) is 12.3 Å². The number of hydrogen-bond donors (Lipinski definition) is 1. The van der Waals surface area contributed by atoms with Gasteiger partial charge in [0.2, 0.25) is 5.91 Å². The Hall–Kier alpha value is -2.12. The fourth-order valence-corrected chi connectivity index (χ4v) is 4.03. The number of ether oxygens (including phenoxy) is 1. The van der Waals surface area contributed by atoms with E-state index < -0.39 is 11.9 Å². The minimum Gasteiger partial charge on any atom is -0.496 e. The first kappa shape index (κ1) is 19.6. The van der Waals surface area contributed by atoms with Crippen LogP contribution in [0.2, 0.25) is 0 Å². The number of rotatable bonds is 6. The Balaban J connectivity index is 1.63. The molecule has 7 heteroatoms. The Morgan fingerprint density at radius 2 is 1.85 bits per heavy atom. The average Bonchev–Trinajstić information content (AvgIpc) is 3.13. The third kappa shape index (κ3) is 4.59. The second kappa shape index (κ2) is 8.71. The number of carboxylic acids is 1.